The molecule has 0 aliphatic heterocycles. The molecule has 1 amide bonds. The number of hydrogen-bond donors (Lipinski definition) is 1. The number of benzene rings is 2. The summed E-state index contributed by atoms with van der Waals surface area (Å²) in [7, 11) is 0. The van der Waals surface area contributed by atoms with E-state index in [0.717, 1.165) is 6.08 Å². The number of nitrogens with one attached hydrogen (secondary N) is 1. The summed E-state index contributed by atoms with van der Waals surface area (Å²) < 4.78 is 40.4. The van der Waals surface area contributed by atoms with Gasteiger partial charge in [0.25, 0.3) is 0 Å². The molecule has 0 aliphatic rings. The Bertz CT molecular complexity index is 859. The van der Waals surface area contributed by atoms with Gasteiger partial charge in [-0.05, 0) is 47.4 Å². The van der Waals surface area contributed by atoms with E-state index in [2.05, 4.69) is 5.32 Å². The Morgan fingerprint density at radius 1 is 1.07 bits per heavy atom. The Hall–Kier alpha value is -1.69. The molecule has 0 radical (unpaired) electrons. The summed E-state index contributed by atoms with van der Waals surface area (Å²) in [6.45, 7) is 1.63. The molecule has 2 aromatic rings. The molecule has 27 heavy (non-hydrogen) atoms. The van der Waals surface area contributed by atoms with Crippen molar-refractivity contribution >= 4 is 46.3 Å². The highest BCUT2D eigenvalue weighted by atomic mass is 35.5. The van der Waals surface area contributed by atoms with Crippen molar-refractivity contribution in [1.82, 2.24) is 5.32 Å². The van der Waals surface area contributed by atoms with Crippen LogP contribution in [-0.2, 0) is 17.8 Å². The normalized spacial score (nSPS) is 12.2. The third-order valence-electron chi connectivity index (χ3n) is 3.67. The van der Waals surface area contributed by atoms with E-state index in [0.29, 0.717) is 16.1 Å². The zero-order chi connectivity index (χ0) is 20.2. The third-order valence-corrected chi connectivity index (χ3v) is 4.45. The van der Waals surface area contributed by atoms with E-state index < -0.39 is 11.7 Å². The molecule has 0 aromatic heterocycles. The molecule has 0 saturated heterocycles. The first-order chi connectivity index (χ1) is 12.6. The first-order valence-corrected chi connectivity index (χ1v) is 8.95. The minimum absolute atomic E-state index is 0.0130. The fourth-order valence-electron chi connectivity index (χ4n) is 2.41. The molecule has 8 heteroatoms. The Labute approximate surface area is 169 Å². The smallest absolute Gasteiger partial charge is 0.352 e. The van der Waals surface area contributed by atoms with Crippen molar-refractivity contribution in [2.45, 2.75) is 26.1 Å². The SMILES string of the molecule is CC(=O)NCc1ccc(CC=C(c2cc(Cl)cc(Cl)c2)C(F)(F)F)cc1Cl. The van der Waals surface area contributed by atoms with Crippen molar-refractivity contribution in [1.29, 1.82) is 0 Å². The molecular formula is C19H15Cl3F3NO. The summed E-state index contributed by atoms with van der Waals surface area (Å²) in [5, 5.41) is 3.23. The molecule has 144 valence electrons. The lowest BCUT2D eigenvalue weighted by atomic mass is 10.0. The Morgan fingerprint density at radius 3 is 2.22 bits per heavy atom. The van der Waals surface area contributed by atoms with Crippen LogP contribution < -0.4 is 5.32 Å². The van der Waals surface area contributed by atoms with Crippen molar-refractivity contribution in [3.63, 3.8) is 0 Å². The van der Waals surface area contributed by atoms with Crippen LogP contribution in [0.1, 0.15) is 23.6 Å². The van der Waals surface area contributed by atoms with Gasteiger partial charge in [0.15, 0.2) is 0 Å². The maximum atomic E-state index is 13.5. The number of carbonyl (C=O) groups is 1. The molecule has 0 unspecified atom stereocenters. The number of rotatable bonds is 5. The number of carbonyl (C=O) groups excluding carboxylic acids is 1. The molecule has 0 bridgehead atoms. The molecule has 0 heterocycles. The summed E-state index contributed by atoms with van der Waals surface area (Å²) in [6, 6.07) is 8.72. The largest absolute Gasteiger partial charge is 0.416 e. The molecule has 0 fully saturated rings. The summed E-state index contributed by atoms with van der Waals surface area (Å²) in [5.41, 5.74) is 0.345. The standard InChI is InChI=1S/C19H15Cl3F3NO/c1-11(27)26-10-13-4-2-12(6-18(13)22)3-5-17(19(23,24)25)14-7-15(20)9-16(21)8-14/h2,4-9H,3,10H2,1H3,(H,26,27). The number of amides is 1. The minimum atomic E-state index is -4.57. The first kappa shape index (κ1) is 21.6. The van der Waals surface area contributed by atoms with Gasteiger partial charge in [-0.2, -0.15) is 13.2 Å². The van der Waals surface area contributed by atoms with Crippen LogP contribution in [0, 0.1) is 0 Å². The molecule has 2 aromatic carbocycles. The molecule has 0 spiro atoms. The van der Waals surface area contributed by atoms with Gasteiger partial charge in [0.1, 0.15) is 0 Å². The number of halogens is 6. The van der Waals surface area contributed by atoms with Gasteiger partial charge < -0.3 is 5.32 Å². The highest BCUT2D eigenvalue weighted by molar-refractivity contribution is 6.34. The Balaban J connectivity index is 2.28. The van der Waals surface area contributed by atoms with Crippen molar-refractivity contribution < 1.29 is 18.0 Å². The zero-order valence-corrected chi connectivity index (χ0v) is 16.4. The molecule has 0 aliphatic carbocycles. The quantitative estimate of drug-likeness (QED) is 0.572. The lowest BCUT2D eigenvalue weighted by molar-refractivity contribution is -0.119. The van der Waals surface area contributed by atoms with Crippen LogP contribution in [0.25, 0.3) is 5.57 Å². The van der Waals surface area contributed by atoms with E-state index in [4.69, 9.17) is 34.8 Å². The monoisotopic (exact) mass is 435 g/mol. The Kier molecular flexibility index (Phi) is 7.20. The van der Waals surface area contributed by atoms with Gasteiger partial charge in [0.05, 0.1) is 5.57 Å². The van der Waals surface area contributed by atoms with Crippen LogP contribution in [0.4, 0.5) is 13.2 Å². The van der Waals surface area contributed by atoms with Gasteiger partial charge in [-0.15, -0.1) is 0 Å². The summed E-state index contributed by atoms with van der Waals surface area (Å²) in [6.07, 6.45) is -3.48. The second kappa shape index (κ2) is 9.00. The lowest BCUT2D eigenvalue weighted by Gasteiger charge is -2.13. The maximum Gasteiger partial charge on any atom is 0.416 e. The van der Waals surface area contributed by atoms with Gasteiger partial charge in [-0.25, -0.2) is 0 Å². The molecule has 1 N–H and O–H groups in total. The topological polar surface area (TPSA) is 29.1 Å². The van der Waals surface area contributed by atoms with Gasteiger partial charge in [-0.1, -0.05) is 53.0 Å². The number of alkyl halides is 3. The van der Waals surface area contributed by atoms with Gasteiger partial charge in [-0.3, -0.25) is 4.79 Å². The zero-order valence-electron chi connectivity index (χ0n) is 14.1. The second-order valence-electron chi connectivity index (χ2n) is 5.81. The van der Waals surface area contributed by atoms with Gasteiger partial charge >= 0.3 is 6.18 Å². The van der Waals surface area contributed by atoms with Gasteiger partial charge in [0.2, 0.25) is 5.91 Å². The molecular weight excluding hydrogens is 422 g/mol. The highest BCUT2D eigenvalue weighted by Gasteiger charge is 2.34. The molecule has 2 rings (SSSR count). The third kappa shape index (κ3) is 6.45. The predicted octanol–water partition coefficient (Wildman–Crippen LogP) is 6.47. The average molecular weight is 437 g/mol. The van der Waals surface area contributed by atoms with Crippen LogP contribution in [0.2, 0.25) is 15.1 Å². The van der Waals surface area contributed by atoms with Crippen LogP contribution in [0.3, 0.4) is 0 Å². The Morgan fingerprint density at radius 2 is 1.70 bits per heavy atom. The fraction of sp³-hybridized carbons (Fsp3) is 0.211. The summed E-state index contributed by atoms with van der Waals surface area (Å²) in [4.78, 5) is 11.0. The van der Waals surface area contributed by atoms with Crippen molar-refractivity contribution in [2.24, 2.45) is 0 Å². The second-order valence-corrected chi connectivity index (χ2v) is 7.09. The number of hydrogen-bond acceptors (Lipinski definition) is 1. The molecule has 0 saturated carbocycles. The molecule has 2 nitrogen and oxygen atoms in total. The number of allylic oxidation sites excluding steroid dienone is 2. The minimum Gasteiger partial charge on any atom is -0.352 e. The predicted molar refractivity (Wildman–Crippen MR) is 103 cm³/mol. The van der Waals surface area contributed by atoms with Crippen molar-refractivity contribution in [3.05, 3.63) is 74.2 Å². The van der Waals surface area contributed by atoms with Crippen LogP contribution >= 0.6 is 34.8 Å². The lowest BCUT2D eigenvalue weighted by Crippen LogP contribution is -2.19. The van der Waals surface area contributed by atoms with Crippen molar-refractivity contribution in [2.75, 3.05) is 0 Å². The summed E-state index contributed by atoms with van der Waals surface area (Å²) >= 11 is 17.8. The van der Waals surface area contributed by atoms with Crippen LogP contribution in [-0.4, -0.2) is 12.1 Å². The highest BCUT2D eigenvalue weighted by Crippen LogP contribution is 2.36. The van der Waals surface area contributed by atoms with E-state index >= 15 is 0 Å². The van der Waals surface area contributed by atoms with E-state index in [1.54, 1.807) is 18.2 Å². The van der Waals surface area contributed by atoms with E-state index in [1.807, 2.05) is 0 Å². The van der Waals surface area contributed by atoms with E-state index in [-0.39, 0.29) is 34.5 Å². The average Bonchev–Trinajstić information content (AvgIpc) is 2.51. The first-order valence-electron chi connectivity index (χ1n) is 7.82. The van der Waals surface area contributed by atoms with E-state index in [9.17, 15) is 18.0 Å². The van der Waals surface area contributed by atoms with Gasteiger partial charge in [0, 0.05) is 28.5 Å². The molecule has 0 atom stereocenters. The fourth-order valence-corrected chi connectivity index (χ4v) is 3.20. The van der Waals surface area contributed by atoms with Crippen LogP contribution in [0.15, 0.2) is 42.5 Å². The maximum absolute atomic E-state index is 13.5. The van der Waals surface area contributed by atoms with E-state index in [1.165, 1.54) is 25.1 Å². The van der Waals surface area contributed by atoms with Crippen molar-refractivity contribution in [3.8, 4) is 0 Å². The van der Waals surface area contributed by atoms with Crippen LogP contribution in [0.5, 0.6) is 0 Å². The summed E-state index contributed by atoms with van der Waals surface area (Å²) in [5.74, 6) is -0.201.